The van der Waals surface area contributed by atoms with Gasteiger partial charge in [0.15, 0.2) is 0 Å². The van der Waals surface area contributed by atoms with Gasteiger partial charge in [0.1, 0.15) is 6.04 Å². The van der Waals surface area contributed by atoms with Gasteiger partial charge in [-0.05, 0) is 30.2 Å². The summed E-state index contributed by atoms with van der Waals surface area (Å²) in [6.07, 6.45) is 2.98. The van der Waals surface area contributed by atoms with E-state index in [-0.39, 0.29) is 5.92 Å². The van der Waals surface area contributed by atoms with Gasteiger partial charge in [-0.2, -0.15) is 5.10 Å². The molecule has 0 bridgehead atoms. The number of carbonyl (C=O) groups excluding carboxylic acids is 1. The second-order valence-corrected chi connectivity index (χ2v) is 6.10. The predicted molar refractivity (Wildman–Crippen MR) is 85.0 cm³/mol. The first kappa shape index (κ1) is 16.2. The van der Waals surface area contributed by atoms with E-state index in [0.717, 1.165) is 10.2 Å². The minimum absolute atomic E-state index is 0.206. The second-order valence-electron chi connectivity index (χ2n) is 5.18. The first-order valence-electron chi connectivity index (χ1n) is 6.72. The van der Waals surface area contributed by atoms with Crippen molar-refractivity contribution >= 4 is 27.8 Å². The molecule has 0 saturated carbocycles. The monoisotopic (exact) mass is 365 g/mol. The highest BCUT2D eigenvalue weighted by atomic mass is 79.9. The summed E-state index contributed by atoms with van der Waals surface area (Å²) in [6, 6.07) is 6.52. The Morgan fingerprint density at radius 2 is 1.91 bits per heavy atom. The molecule has 1 heterocycles. The first-order chi connectivity index (χ1) is 10.4. The van der Waals surface area contributed by atoms with Crippen LogP contribution in [0.2, 0.25) is 0 Å². The van der Waals surface area contributed by atoms with Crippen molar-refractivity contribution in [1.82, 2.24) is 15.1 Å². The van der Waals surface area contributed by atoms with Crippen LogP contribution in [0.15, 0.2) is 41.1 Å². The van der Waals surface area contributed by atoms with Crippen LogP contribution in [0, 0.1) is 5.92 Å². The van der Waals surface area contributed by atoms with Crippen LogP contribution in [0.3, 0.4) is 0 Å². The molecule has 0 unspecified atom stereocenters. The van der Waals surface area contributed by atoms with E-state index >= 15 is 0 Å². The second kappa shape index (κ2) is 6.74. The summed E-state index contributed by atoms with van der Waals surface area (Å²) >= 11 is 3.35. The van der Waals surface area contributed by atoms with Crippen molar-refractivity contribution in [3.63, 3.8) is 0 Å². The Bertz CT molecular complexity index is 680. The van der Waals surface area contributed by atoms with Gasteiger partial charge in [-0.25, -0.2) is 9.48 Å². The number of carbonyl (C=O) groups is 2. The Morgan fingerprint density at radius 3 is 2.45 bits per heavy atom. The molecule has 1 aromatic carbocycles. The van der Waals surface area contributed by atoms with Crippen LogP contribution < -0.4 is 5.32 Å². The van der Waals surface area contributed by atoms with Crippen molar-refractivity contribution < 1.29 is 14.7 Å². The van der Waals surface area contributed by atoms with Crippen LogP contribution in [0.4, 0.5) is 0 Å². The van der Waals surface area contributed by atoms with Gasteiger partial charge in [-0.3, -0.25) is 4.79 Å². The Kier molecular flexibility index (Phi) is 4.97. The maximum atomic E-state index is 12.1. The first-order valence-corrected chi connectivity index (χ1v) is 7.52. The molecule has 0 aliphatic heterocycles. The zero-order chi connectivity index (χ0) is 16.3. The molecular formula is C15H16BrN3O3. The van der Waals surface area contributed by atoms with Gasteiger partial charge in [0.05, 0.1) is 17.4 Å². The lowest BCUT2D eigenvalue weighted by Gasteiger charge is -2.17. The van der Waals surface area contributed by atoms with Gasteiger partial charge in [0, 0.05) is 10.7 Å². The highest BCUT2D eigenvalue weighted by Gasteiger charge is 2.24. The maximum absolute atomic E-state index is 12.1. The molecule has 1 atom stereocenters. The molecule has 1 amide bonds. The number of aromatic nitrogens is 2. The summed E-state index contributed by atoms with van der Waals surface area (Å²) in [7, 11) is 0. The number of carboxylic acid groups (broad SMARTS) is 1. The third-order valence-electron chi connectivity index (χ3n) is 3.16. The van der Waals surface area contributed by atoms with E-state index in [1.54, 1.807) is 24.7 Å². The average molecular weight is 366 g/mol. The number of nitrogens with one attached hydrogen (secondary N) is 1. The number of carboxylic acids is 1. The Hall–Kier alpha value is -2.15. The van der Waals surface area contributed by atoms with E-state index in [1.807, 2.05) is 24.3 Å². The lowest BCUT2D eigenvalue weighted by Crippen LogP contribution is -2.44. The normalized spacial score (nSPS) is 12.2. The van der Waals surface area contributed by atoms with Crippen molar-refractivity contribution in [2.45, 2.75) is 19.9 Å². The van der Waals surface area contributed by atoms with E-state index in [4.69, 9.17) is 5.11 Å². The molecule has 0 fully saturated rings. The molecule has 2 rings (SSSR count). The number of hydrogen-bond donors (Lipinski definition) is 2. The molecule has 22 heavy (non-hydrogen) atoms. The molecule has 0 aliphatic rings. The molecule has 0 spiro atoms. The van der Waals surface area contributed by atoms with Crippen molar-refractivity contribution in [1.29, 1.82) is 0 Å². The summed E-state index contributed by atoms with van der Waals surface area (Å²) in [4.78, 5) is 23.3. The Labute approximate surface area is 136 Å². The Morgan fingerprint density at radius 1 is 1.27 bits per heavy atom. The fourth-order valence-corrected chi connectivity index (χ4v) is 2.18. The van der Waals surface area contributed by atoms with Crippen molar-refractivity contribution in [2.75, 3.05) is 0 Å². The van der Waals surface area contributed by atoms with Crippen molar-refractivity contribution in [3.8, 4) is 5.69 Å². The van der Waals surface area contributed by atoms with Crippen molar-refractivity contribution in [2.24, 2.45) is 5.92 Å². The van der Waals surface area contributed by atoms with Crippen LogP contribution >= 0.6 is 15.9 Å². The van der Waals surface area contributed by atoms with Crippen LogP contribution in [0.1, 0.15) is 24.2 Å². The SMILES string of the molecule is CC(C)[C@@H](NC(=O)c1cnn(-c2ccc(Br)cc2)c1)C(=O)O. The highest BCUT2D eigenvalue weighted by molar-refractivity contribution is 9.10. The Balaban J connectivity index is 2.15. The molecule has 0 saturated heterocycles. The number of hydrogen-bond acceptors (Lipinski definition) is 3. The molecule has 0 radical (unpaired) electrons. The number of rotatable bonds is 5. The highest BCUT2D eigenvalue weighted by Crippen LogP contribution is 2.14. The zero-order valence-electron chi connectivity index (χ0n) is 12.2. The maximum Gasteiger partial charge on any atom is 0.326 e. The fraction of sp³-hybridized carbons (Fsp3) is 0.267. The summed E-state index contributed by atoms with van der Waals surface area (Å²) < 4.78 is 2.51. The van der Waals surface area contributed by atoms with Crippen molar-refractivity contribution in [3.05, 3.63) is 46.7 Å². The minimum atomic E-state index is -1.05. The smallest absolute Gasteiger partial charge is 0.326 e. The molecule has 2 N–H and O–H groups in total. The lowest BCUT2D eigenvalue weighted by molar-refractivity contribution is -0.140. The van der Waals surface area contributed by atoms with Gasteiger partial charge in [-0.15, -0.1) is 0 Å². The van der Waals surface area contributed by atoms with E-state index < -0.39 is 17.9 Å². The van der Waals surface area contributed by atoms with Crippen LogP contribution in [0.25, 0.3) is 5.69 Å². The summed E-state index contributed by atoms with van der Waals surface area (Å²) in [5.74, 6) is -1.71. The van der Waals surface area contributed by atoms with Gasteiger partial charge in [0.25, 0.3) is 5.91 Å². The predicted octanol–water partition coefficient (Wildman–Crippen LogP) is 2.47. The fourth-order valence-electron chi connectivity index (χ4n) is 1.91. The quantitative estimate of drug-likeness (QED) is 0.852. The lowest BCUT2D eigenvalue weighted by atomic mass is 10.0. The number of halogens is 1. The number of benzene rings is 1. The zero-order valence-corrected chi connectivity index (χ0v) is 13.7. The molecule has 0 aliphatic carbocycles. The molecule has 116 valence electrons. The van der Waals surface area contributed by atoms with E-state index in [9.17, 15) is 9.59 Å². The van der Waals surface area contributed by atoms with Gasteiger partial charge < -0.3 is 10.4 Å². The average Bonchev–Trinajstić information content (AvgIpc) is 2.94. The number of nitrogens with zero attached hydrogens (tertiary/aromatic N) is 2. The number of aliphatic carboxylic acids is 1. The van der Waals surface area contributed by atoms with Gasteiger partial charge in [-0.1, -0.05) is 29.8 Å². The standard InChI is InChI=1S/C15H16BrN3O3/c1-9(2)13(15(21)22)18-14(20)10-7-17-19(8-10)12-5-3-11(16)4-6-12/h3-9,13H,1-2H3,(H,18,20)(H,21,22)/t13-/m1/s1. The summed E-state index contributed by atoms with van der Waals surface area (Å²) in [5, 5.41) is 15.7. The van der Waals surface area contributed by atoms with Crippen LogP contribution in [0.5, 0.6) is 0 Å². The number of amides is 1. The van der Waals surface area contributed by atoms with Gasteiger partial charge >= 0.3 is 5.97 Å². The summed E-state index contributed by atoms with van der Waals surface area (Å²) in [6.45, 7) is 3.48. The molecular weight excluding hydrogens is 350 g/mol. The molecule has 7 heteroatoms. The third-order valence-corrected chi connectivity index (χ3v) is 3.68. The topological polar surface area (TPSA) is 84.2 Å². The minimum Gasteiger partial charge on any atom is -0.480 e. The summed E-state index contributed by atoms with van der Waals surface area (Å²) in [5.41, 5.74) is 1.12. The van der Waals surface area contributed by atoms with Crippen LogP contribution in [-0.2, 0) is 4.79 Å². The van der Waals surface area contributed by atoms with Gasteiger partial charge in [0.2, 0.25) is 0 Å². The molecule has 1 aromatic heterocycles. The van der Waals surface area contributed by atoms with E-state index in [0.29, 0.717) is 5.56 Å². The van der Waals surface area contributed by atoms with Crippen LogP contribution in [-0.4, -0.2) is 32.8 Å². The largest absolute Gasteiger partial charge is 0.480 e. The third kappa shape index (κ3) is 3.73. The molecule has 2 aromatic rings. The molecule has 6 nitrogen and oxygen atoms in total. The van der Waals surface area contributed by atoms with E-state index in [2.05, 4.69) is 26.3 Å². The van der Waals surface area contributed by atoms with E-state index in [1.165, 1.54) is 6.20 Å².